The first kappa shape index (κ1) is 24.3. The molecular weight excluding hydrogens is 448 g/mol. The van der Waals surface area contributed by atoms with E-state index in [0.29, 0.717) is 48.8 Å². The van der Waals surface area contributed by atoms with E-state index in [1.54, 1.807) is 29.2 Å². The second kappa shape index (κ2) is 11.1. The number of aromatic nitrogens is 1. The third kappa shape index (κ3) is 6.19. The molecule has 1 aliphatic rings. The number of nitrogens with zero attached hydrogens (tertiary/aromatic N) is 2. The minimum atomic E-state index is -0.744. The lowest BCUT2D eigenvalue weighted by molar-refractivity contribution is 0.0811. The molecule has 0 aliphatic carbocycles. The summed E-state index contributed by atoms with van der Waals surface area (Å²) in [6.07, 6.45) is 0.396. The van der Waals surface area contributed by atoms with Crippen molar-refractivity contribution in [1.82, 2.24) is 15.4 Å². The highest BCUT2D eigenvalue weighted by atomic mass is 16.5. The molecule has 9 heteroatoms. The molecule has 1 fully saturated rings. The maximum Gasteiger partial charge on any atom is 0.321 e. The standard InChI is InChI=1S/C26H30N4O5/c1-17-22(18(2)35-29-17)16-34-21-12-10-19(11-13-21)25(32)28-23-15-30(14-6-9-24(23)31)26(33)27-20-7-4-3-5-8-20/h3-5,7-8,10-13,23-24,31H,6,9,14-16H2,1-2H3,(H,27,33)(H,28,32)/t23-,24-/m1/s1. The van der Waals surface area contributed by atoms with E-state index in [4.69, 9.17) is 9.26 Å². The van der Waals surface area contributed by atoms with Gasteiger partial charge in [0.2, 0.25) is 0 Å². The molecule has 3 aromatic rings. The van der Waals surface area contributed by atoms with Crippen molar-refractivity contribution in [2.75, 3.05) is 18.4 Å². The van der Waals surface area contributed by atoms with Crippen LogP contribution in [0.3, 0.4) is 0 Å². The Morgan fingerprint density at radius 1 is 1.14 bits per heavy atom. The molecule has 2 atom stereocenters. The first-order valence-corrected chi connectivity index (χ1v) is 11.6. The molecule has 4 rings (SSSR count). The highest BCUT2D eigenvalue weighted by Gasteiger charge is 2.29. The number of hydrogen-bond acceptors (Lipinski definition) is 6. The predicted octanol–water partition coefficient (Wildman–Crippen LogP) is 3.66. The molecule has 184 valence electrons. The van der Waals surface area contributed by atoms with E-state index in [-0.39, 0.29) is 18.5 Å². The number of amides is 3. The second-order valence-corrected chi connectivity index (χ2v) is 8.65. The molecule has 1 saturated heterocycles. The Balaban J connectivity index is 1.35. The van der Waals surface area contributed by atoms with Gasteiger partial charge in [-0.25, -0.2) is 4.79 Å². The van der Waals surface area contributed by atoms with Crippen LogP contribution < -0.4 is 15.4 Å². The van der Waals surface area contributed by atoms with Crippen LogP contribution >= 0.6 is 0 Å². The van der Waals surface area contributed by atoms with Crippen LogP contribution in [-0.4, -0.2) is 52.3 Å². The van der Waals surface area contributed by atoms with Gasteiger partial charge in [-0.05, 0) is 63.1 Å². The van der Waals surface area contributed by atoms with Gasteiger partial charge in [0.25, 0.3) is 5.91 Å². The van der Waals surface area contributed by atoms with Crippen LogP contribution in [0.4, 0.5) is 10.5 Å². The van der Waals surface area contributed by atoms with Crippen LogP contribution in [0.15, 0.2) is 59.1 Å². The van der Waals surface area contributed by atoms with Crippen molar-refractivity contribution in [2.24, 2.45) is 0 Å². The number of hydrogen-bond donors (Lipinski definition) is 3. The normalized spacial score (nSPS) is 18.0. The summed E-state index contributed by atoms with van der Waals surface area (Å²) < 4.78 is 10.9. The molecular formula is C26H30N4O5. The number of anilines is 1. The molecule has 2 aromatic carbocycles. The Labute approximate surface area is 204 Å². The molecule has 1 aliphatic heterocycles. The van der Waals surface area contributed by atoms with Crippen LogP contribution in [0.2, 0.25) is 0 Å². The number of aliphatic hydroxyl groups is 1. The average Bonchev–Trinajstić information content (AvgIpc) is 3.06. The van der Waals surface area contributed by atoms with Crippen molar-refractivity contribution in [2.45, 2.75) is 45.4 Å². The summed E-state index contributed by atoms with van der Waals surface area (Å²) in [6, 6.07) is 15.1. The third-order valence-corrected chi connectivity index (χ3v) is 6.12. The van der Waals surface area contributed by atoms with E-state index >= 15 is 0 Å². The molecule has 35 heavy (non-hydrogen) atoms. The maximum atomic E-state index is 12.9. The minimum absolute atomic E-state index is 0.213. The van der Waals surface area contributed by atoms with Crippen molar-refractivity contribution < 1.29 is 24.0 Å². The number of carbonyl (C=O) groups is 2. The van der Waals surface area contributed by atoms with E-state index in [1.165, 1.54) is 0 Å². The first-order chi connectivity index (χ1) is 16.9. The van der Waals surface area contributed by atoms with Gasteiger partial charge in [0.15, 0.2) is 0 Å². The van der Waals surface area contributed by atoms with Gasteiger partial charge in [0.1, 0.15) is 18.1 Å². The first-order valence-electron chi connectivity index (χ1n) is 11.6. The Morgan fingerprint density at radius 3 is 2.57 bits per heavy atom. The van der Waals surface area contributed by atoms with Crippen molar-refractivity contribution >= 4 is 17.6 Å². The zero-order valence-electron chi connectivity index (χ0n) is 19.9. The third-order valence-electron chi connectivity index (χ3n) is 6.12. The number of nitrogens with one attached hydrogen (secondary N) is 2. The van der Waals surface area contributed by atoms with Gasteiger partial charge >= 0.3 is 6.03 Å². The molecule has 2 heterocycles. The van der Waals surface area contributed by atoms with Gasteiger partial charge in [0, 0.05) is 24.3 Å². The van der Waals surface area contributed by atoms with Crippen molar-refractivity contribution in [3.63, 3.8) is 0 Å². The number of aliphatic hydroxyl groups excluding tert-OH is 1. The molecule has 3 amide bonds. The Kier molecular flexibility index (Phi) is 7.67. The van der Waals surface area contributed by atoms with E-state index in [2.05, 4.69) is 15.8 Å². The smallest absolute Gasteiger partial charge is 0.321 e. The molecule has 3 N–H and O–H groups in total. The van der Waals surface area contributed by atoms with E-state index in [0.717, 1.165) is 11.3 Å². The Bertz CT molecular complexity index is 1130. The van der Waals surface area contributed by atoms with Gasteiger partial charge in [0.05, 0.1) is 23.4 Å². The largest absolute Gasteiger partial charge is 0.489 e. The number of para-hydroxylation sites is 1. The van der Waals surface area contributed by atoms with Crippen molar-refractivity contribution in [1.29, 1.82) is 0 Å². The monoisotopic (exact) mass is 478 g/mol. The Morgan fingerprint density at radius 2 is 1.89 bits per heavy atom. The van der Waals surface area contributed by atoms with Crippen LogP contribution in [0.1, 0.15) is 40.2 Å². The van der Waals surface area contributed by atoms with Gasteiger partial charge in [-0.2, -0.15) is 0 Å². The molecule has 0 saturated carbocycles. The number of benzene rings is 2. The van der Waals surface area contributed by atoms with Crippen LogP contribution in [0, 0.1) is 13.8 Å². The highest BCUT2D eigenvalue weighted by molar-refractivity contribution is 5.94. The van der Waals surface area contributed by atoms with Gasteiger partial charge in [-0.15, -0.1) is 0 Å². The fraction of sp³-hybridized carbons (Fsp3) is 0.346. The van der Waals surface area contributed by atoms with E-state index in [9.17, 15) is 14.7 Å². The maximum absolute atomic E-state index is 12.9. The number of ether oxygens (including phenoxy) is 1. The predicted molar refractivity (Wildman–Crippen MR) is 130 cm³/mol. The van der Waals surface area contributed by atoms with Crippen molar-refractivity contribution in [3.05, 3.63) is 77.2 Å². The van der Waals surface area contributed by atoms with Gasteiger partial charge < -0.3 is 29.9 Å². The molecule has 0 spiro atoms. The SMILES string of the molecule is Cc1noc(C)c1COc1ccc(C(=O)N[C@@H]2CN(C(=O)Nc3ccccc3)CCC[C@H]2O)cc1. The minimum Gasteiger partial charge on any atom is -0.489 e. The lowest BCUT2D eigenvalue weighted by Gasteiger charge is -2.27. The summed E-state index contributed by atoms with van der Waals surface area (Å²) >= 11 is 0. The van der Waals surface area contributed by atoms with Crippen LogP contribution in [0.5, 0.6) is 5.75 Å². The van der Waals surface area contributed by atoms with Crippen LogP contribution in [0.25, 0.3) is 0 Å². The summed E-state index contributed by atoms with van der Waals surface area (Å²) in [5.74, 6) is 1.00. The topological polar surface area (TPSA) is 117 Å². The fourth-order valence-electron chi connectivity index (χ4n) is 4.01. The second-order valence-electron chi connectivity index (χ2n) is 8.65. The summed E-state index contributed by atoms with van der Waals surface area (Å²) in [7, 11) is 0. The number of carbonyl (C=O) groups excluding carboxylic acids is 2. The summed E-state index contributed by atoms with van der Waals surface area (Å²) in [5.41, 5.74) is 2.81. The van der Waals surface area contributed by atoms with Crippen molar-refractivity contribution in [3.8, 4) is 5.75 Å². The molecule has 0 bridgehead atoms. The Hall–Kier alpha value is -3.85. The molecule has 9 nitrogen and oxygen atoms in total. The number of urea groups is 1. The lowest BCUT2D eigenvalue weighted by Crippen LogP contribution is -2.50. The number of rotatable bonds is 6. The fourth-order valence-corrected chi connectivity index (χ4v) is 4.01. The van der Waals surface area contributed by atoms with Gasteiger partial charge in [-0.1, -0.05) is 23.4 Å². The highest BCUT2D eigenvalue weighted by Crippen LogP contribution is 2.19. The number of likely N-dealkylation sites (tertiary alicyclic amines) is 1. The summed E-state index contributed by atoms with van der Waals surface area (Å²) in [4.78, 5) is 27.3. The number of aryl methyl sites for hydroxylation is 2. The molecule has 1 aromatic heterocycles. The summed E-state index contributed by atoms with van der Waals surface area (Å²) in [5, 5.41) is 20.2. The summed E-state index contributed by atoms with van der Waals surface area (Å²) in [6.45, 7) is 4.72. The van der Waals surface area contributed by atoms with E-state index < -0.39 is 12.1 Å². The van der Waals surface area contributed by atoms with Gasteiger partial charge in [-0.3, -0.25) is 4.79 Å². The zero-order valence-corrected chi connectivity index (χ0v) is 19.9. The quantitative estimate of drug-likeness (QED) is 0.498. The zero-order chi connectivity index (χ0) is 24.8. The molecule has 0 unspecified atom stereocenters. The lowest BCUT2D eigenvalue weighted by atomic mass is 10.1. The average molecular weight is 479 g/mol. The van der Waals surface area contributed by atoms with E-state index in [1.807, 2.05) is 44.2 Å². The molecule has 0 radical (unpaired) electrons. The van der Waals surface area contributed by atoms with Crippen LogP contribution in [-0.2, 0) is 6.61 Å².